The van der Waals surface area contributed by atoms with E-state index >= 15 is 0 Å². The van der Waals surface area contributed by atoms with Gasteiger partial charge >= 0.3 is 6.18 Å². The number of para-hydroxylation sites is 1. The van der Waals surface area contributed by atoms with E-state index in [4.69, 9.17) is 17.0 Å². The van der Waals surface area contributed by atoms with E-state index in [1.807, 2.05) is 0 Å². The second-order valence-corrected chi connectivity index (χ2v) is 9.35. The molecule has 2 aromatic carbocycles. The lowest BCUT2D eigenvalue weighted by atomic mass is 9.95. The minimum absolute atomic E-state index is 0.0213. The number of alkyl halides is 3. The van der Waals surface area contributed by atoms with Crippen LogP contribution in [0.15, 0.2) is 89.1 Å². The molecule has 0 fully saturated rings. The number of aliphatic imine (C=N–C) groups is 1. The molecular weight excluding hydrogens is 533 g/mol. The highest BCUT2D eigenvalue weighted by Crippen LogP contribution is 2.39. The van der Waals surface area contributed by atoms with Crippen LogP contribution >= 0.6 is 11.6 Å². The molecule has 4 rings (SSSR count). The fourth-order valence-electron chi connectivity index (χ4n) is 3.60. The number of amides is 1. The lowest BCUT2D eigenvalue weighted by Gasteiger charge is -2.23. The van der Waals surface area contributed by atoms with E-state index in [1.54, 1.807) is 44.2 Å². The Hall–Kier alpha value is -4.35. The molecule has 0 unspecified atom stereocenters. The van der Waals surface area contributed by atoms with Crippen molar-refractivity contribution < 1.29 is 23.1 Å². The van der Waals surface area contributed by atoms with Crippen molar-refractivity contribution in [1.29, 1.82) is 5.41 Å². The molecule has 0 spiro atoms. The van der Waals surface area contributed by atoms with Crippen molar-refractivity contribution in [3.05, 3.63) is 100 Å². The van der Waals surface area contributed by atoms with Crippen LogP contribution in [0.3, 0.4) is 0 Å². The van der Waals surface area contributed by atoms with Crippen LogP contribution in [0.5, 0.6) is 0 Å². The van der Waals surface area contributed by atoms with Crippen LogP contribution < -0.4 is 10.6 Å². The summed E-state index contributed by atoms with van der Waals surface area (Å²) < 4.78 is 41.4. The Morgan fingerprint density at radius 2 is 1.72 bits per heavy atom. The zero-order chi connectivity index (χ0) is 28.4. The summed E-state index contributed by atoms with van der Waals surface area (Å²) in [5.41, 5.74) is -2.25. The van der Waals surface area contributed by atoms with Crippen LogP contribution in [0.1, 0.15) is 29.8 Å². The van der Waals surface area contributed by atoms with Crippen molar-refractivity contribution in [3.8, 4) is 11.4 Å². The maximum absolute atomic E-state index is 13.8. The number of anilines is 1. The Balaban J connectivity index is 1.78. The van der Waals surface area contributed by atoms with Gasteiger partial charge in [-0.2, -0.15) is 13.2 Å². The van der Waals surface area contributed by atoms with Crippen LogP contribution in [0.4, 0.5) is 18.9 Å². The van der Waals surface area contributed by atoms with E-state index in [0.29, 0.717) is 17.3 Å². The maximum atomic E-state index is 13.8. The normalized spacial score (nSPS) is 15.1. The Labute approximate surface area is 226 Å². The third kappa shape index (κ3) is 6.39. The summed E-state index contributed by atoms with van der Waals surface area (Å²) in [5, 5.41) is 23.9. The van der Waals surface area contributed by atoms with Gasteiger partial charge in [0.2, 0.25) is 0 Å². The molecule has 200 valence electrons. The second kappa shape index (κ2) is 10.8. The summed E-state index contributed by atoms with van der Waals surface area (Å²) in [6.45, 7) is 3.08. The molecule has 1 amide bonds. The van der Waals surface area contributed by atoms with Gasteiger partial charge in [0.05, 0.1) is 27.5 Å². The van der Waals surface area contributed by atoms with Gasteiger partial charge in [-0.15, -0.1) is 0 Å². The number of allylic oxidation sites excluding steroid dienone is 1. The standard InChI is InChI=1S/C27H22ClF3N6O2/c1-26(2,39)15-11-21(32)22(35-14-15)24(36-16-7-4-3-5-8-16)37-25(38)18-12-17(23-33-9-6-10-34-23)19(13-20(18)28)27(29,30)31/h3-14,32,36,39H,1-2H3,(H,37,38)/b24-22-,32-21?. The van der Waals surface area contributed by atoms with Crippen LogP contribution in [0.25, 0.3) is 11.4 Å². The van der Waals surface area contributed by atoms with Crippen LogP contribution in [-0.2, 0) is 6.18 Å². The van der Waals surface area contributed by atoms with Gasteiger partial charge in [-0.3, -0.25) is 15.2 Å². The number of nitrogens with zero attached hydrogens (tertiary/aromatic N) is 3. The number of carbonyl (C=O) groups excluding carboxylic acids is 1. The summed E-state index contributed by atoms with van der Waals surface area (Å²) in [5.74, 6) is -1.12. The highest BCUT2D eigenvalue weighted by atomic mass is 35.5. The first kappa shape index (κ1) is 27.7. The predicted octanol–water partition coefficient (Wildman–Crippen LogP) is 5.63. The largest absolute Gasteiger partial charge is 0.417 e. The van der Waals surface area contributed by atoms with Crippen molar-refractivity contribution in [1.82, 2.24) is 15.3 Å². The number of benzene rings is 2. The molecule has 0 radical (unpaired) electrons. The van der Waals surface area contributed by atoms with E-state index in [-0.39, 0.29) is 28.6 Å². The number of rotatable bonds is 6. The van der Waals surface area contributed by atoms with Gasteiger partial charge in [-0.1, -0.05) is 29.8 Å². The Morgan fingerprint density at radius 1 is 1.05 bits per heavy atom. The quantitative estimate of drug-likeness (QED) is 0.314. The Kier molecular flexibility index (Phi) is 7.66. The van der Waals surface area contributed by atoms with Crippen molar-refractivity contribution in [2.45, 2.75) is 25.6 Å². The molecule has 12 heteroatoms. The highest BCUT2D eigenvalue weighted by Gasteiger charge is 2.36. The molecule has 1 aliphatic heterocycles. The SMILES string of the molecule is CC(C)(O)C1=CC(=N)/C(=C(/NC(=O)c2cc(-c3ncccn3)c(C(F)(F)F)cc2Cl)Nc2ccccc2)N=C1. The molecule has 0 bridgehead atoms. The molecule has 3 aromatic rings. The molecule has 0 saturated carbocycles. The van der Waals surface area contributed by atoms with Crippen molar-refractivity contribution >= 4 is 35.1 Å². The second-order valence-electron chi connectivity index (χ2n) is 8.95. The van der Waals surface area contributed by atoms with Gasteiger partial charge in [0, 0.05) is 35.4 Å². The average Bonchev–Trinajstić information content (AvgIpc) is 2.88. The molecule has 4 N–H and O–H groups in total. The predicted molar refractivity (Wildman–Crippen MR) is 143 cm³/mol. The van der Waals surface area contributed by atoms with Crippen LogP contribution in [0.2, 0.25) is 5.02 Å². The number of aliphatic hydroxyl groups is 1. The van der Waals surface area contributed by atoms with E-state index in [9.17, 15) is 23.1 Å². The van der Waals surface area contributed by atoms with Gasteiger partial charge < -0.3 is 15.7 Å². The zero-order valence-electron chi connectivity index (χ0n) is 20.6. The molecule has 0 saturated heterocycles. The smallest absolute Gasteiger partial charge is 0.386 e. The first-order chi connectivity index (χ1) is 18.3. The topological polar surface area (TPSA) is 123 Å². The number of carbonyl (C=O) groups is 1. The number of halogens is 4. The average molecular weight is 555 g/mol. The van der Waals surface area contributed by atoms with E-state index in [0.717, 1.165) is 6.07 Å². The van der Waals surface area contributed by atoms with E-state index in [2.05, 4.69) is 25.6 Å². The molecule has 1 aromatic heterocycles. The minimum Gasteiger partial charge on any atom is -0.386 e. The molecule has 0 aliphatic carbocycles. The molecule has 1 aliphatic rings. The van der Waals surface area contributed by atoms with Crippen LogP contribution in [0, 0.1) is 5.41 Å². The third-order valence-electron chi connectivity index (χ3n) is 5.58. The number of dihydropyridines is 1. The zero-order valence-corrected chi connectivity index (χ0v) is 21.4. The Bertz CT molecular complexity index is 1510. The summed E-state index contributed by atoms with van der Waals surface area (Å²) in [7, 11) is 0. The summed E-state index contributed by atoms with van der Waals surface area (Å²) >= 11 is 6.17. The third-order valence-corrected chi connectivity index (χ3v) is 5.89. The van der Waals surface area contributed by atoms with Crippen LogP contribution in [-0.4, -0.2) is 38.5 Å². The van der Waals surface area contributed by atoms with Gasteiger partial charge in [0.15, 0.2) is 5.82 Å². The summed E-state index contributed by atoms with van der Waals surface area (Å²) in [6, 6.07) is 11.8. The van der Waals surface area contributed by atoms with E-state index in [1.165, 1.54) is 30.8 Å². The lowest BCUT2D eigenvalue weighted by molar-refractivity contribution is -0.137. The molecule has 8 nitrogen and oxygen atoms in total. The highest BCUT2D eigenvalue weighted by molar-refractivity contribution is 6.34. The minimum atomic E-state index is -4.79. The van der Waals surface area contributed by atoms with Crippen molar-refractivity contribution in [2.75, 3.05) is 5.32 Å². The first-order valence-corrected chi connectivity index (χ1v) is 11.9. The number of hydrogen-bond donors (Lipinski definition) is 4. The van der Waals surface area contributed by atoms with Gasteiger partial charge in [0.1, 0.15) is 11.5 Å². The molecule has 39 heavy (non-hydrogen) atoms. The fraction of sp³-hybridized carbons (Fsp3) is 0.148. The number of aromatic nitrogens is 2. The van der Waals surface area contributed by atoms with Gasteiger partial charge in [-0.25, -0.2) is 9.97 Å². The maximum Gasteiger partial charge on any atom is 0.417 e. The molecular formula is C27H22ClF3N6O2. The van der Waals surface area contributed by atoms with Crippen molar-refractivity contribution in [3.63, 3.8) is 0 Å². The summed E-state index contributed by atoms with van der Waals surface area (Å²) in [4.78, 5) is 25.5. The van der Waals surface area contributed by atoms with Gasteiger partial charge in [-0.05, 0) is 50.3 Å². The lowest BCUT2D eigenvalue weighted by Crippen LogP contribution is -2.31. The summed E-state index contributed by atoms with van der Waals surface area (Å²) in [6.07, 6.45) is 0.543. The van der Waals surface area contributed by atoms with Crippen molar-refractivity contribution in [2.24, 2.45) is 4.99 Å². The monoisotopic (exact) mass is 554 g/mol. The number of nitrogens with one attached hydrogen (secondary N) is 3. The van der Waals surface area contributed by atoms with Gasteiger partial charge in [0.25, 0.3) is 5.91 Å². The molecule has 0 atom stereocenters. The molecule has 2 heterocycles. The first-order valence-electron chi connectivity index (χ1n) is 11.5. The fourth-order valence-corrected chi connectivity index (χ4v) is 3.85. The number of hydrogen-bond acceptors (Lipinski definition) is 7. The van der Waals surface area contributed by atoms with E-state index < -0.39 is 33.8 Å². The Morgan fingerprint density at radius 3 is 2.31 bits per heavy atom.